The fraction of sp³-hybridized carbons (Fsp3) is 0.467. The van der Waals surface area contributed by atoms with Gasteiger partial charge in [0.1, 0.15) is 23.0 Å². The van der Waals surface area contributed by atoms with E-state index in [1.165, 1.54) is 18.4 Å². The fourth-order valence-electron chi connectivity index (χ4n) is 3.46. The molecule has 0 radical (unpaired) electrons. The first kappa shape index (κ1) is 11.8. The SMILES string of the molecule is CC[C@@H]1C[C@H](C)CN1n1cnc2cnc3[nH]ccc3c21. The average Bonchev–Trinajstić information content (AvgIpc) is 3.13. The second kappa shape index (κ2) is 4.23. The van der Waals surface area contributed by atoms with Gasteiger partial charge in [-0.05, 0) is 24.8 Å². The monoisotopic (exact) mass is 269 g/mol. The van der Waals surface area contributed by atoms with Crippen LogP contribution in [-0.2, 0) is 0 Å². The zero-order valence-electron chi connectivity index (χ0n) is 11.9. The van der Waals surface area contributed by atoms with Crippen LogP contribution in [0, 0.1) is 5.92 Å². The summed E-state index contributed by atoms with van der Waals surface area (Å²) < 4.78 is 2.24. The maximum absolute atomic E-state index is 4.53. The molecule has 3 aromatic rings. The summed E-state index contributed by atoms with van der Waals surface area (Å²) in [6, 6.07) is 2.69. The van der Waals surface area contributed by atoms with Crippen LogP contribution in [0.1, 0.15) is 26.7 Å². The number of nitrogens with one attached hydrogen (secondary N) is 1. The van der Waals surface area contributed by atoms with E-state index >= 15 is 0 Å². The van der Waals surface area contributed by atoms with E-state index in [1.54, 1.807) is 0 Å². The van der Waals surface area contributed by atoms with E-state index in [0.29, 0.717) is 6.04 Å². The molecule has 0 spiro atoms. The minimum absolute atomic E-state index is 0.601. The highest BCUT2D eigenvalue weighted by atomic mass is 15.6. The minimum Gasteiger partial charge on any atom is -0.346 e. The Morgan fingerprint density at radius 2 is 2.30 bits per heavy atom. The van der Waals surface area contributed by atoms with Gasteiger partial charge < -0.3 is 9.99 Å². The zero-order valence-corrected chi connectivity index (χ0v) is 11.9. The third-order valence-electron chi connectivity index (χ3n) is 4.42. The summed E-state index contributed by atoms with van der Waals surface area (Å²) in [5.74, 6) is 0.737. The van der Waals surface area contributed by atoms with Gasteiger partial charge in [0.05, 0.1) is 6.20 Å². The Morgan fingerprint density at radius 1 is 1.40 bits per heavy atom. The predicted octanol–water partition coefficient (Wildman–Crippen LogP) is 2.67. The molecule has 0 saturated carbocycles. The Bertz CT molecular complexity index is 756. The summed E-state index contributed by atoms with van der Waals surface area (Å²) in [7, 11) is 0. The highest BCUT2D eigenvalue weighted by Crippen LogP contribution is 2.28. The van der Waals surface area contributed by atoms with E-state index in [1.807, 2.05) is 18.7 Å². The first-order valence-electron chi connectivity index (χ1n) is 7.34. The van der Waals surface area contributed by atoms with E-state index < -0.39 is 0 Å². The Morgan fingerprint density at radius 3 is 3.15 bits per heavy atom. The fourth-order valence-corrected chi connectivity index (χ4v) is 3.46. The summed E-state index contributed by atoms with van der Waals surface area (Å²) >= 11 is 0. The molecule has 0 bridgehead atoms. The Kier molecular flexibility index (Phi) is 2.49. The van der Waals surface area contributed by atoms with Crippen molar-refractivity contribution in [3.05, 3.63) is 24.8 Å². The van der Waals surface area contributed by atoms with Crippen LogP contribution in [0.25, 0.3) is 22.1 Å². The van der Waals surface area contributed by atoms with E-state index in [4.69, 9.17) is 0 Å². The first-order valence-corrected chi connectivity index (χ1v) is 7.34. The van der Waals surface area contributed by atoms with E-state index in [0.717, 1.165) is 29.0 Å². The molecule has 1 saturated heterocycles. The van der Waals surface area contributed by atoms with E-state index in [9.17, 15) is 0 Å². The molecule has 4 heterocycles. The summed E-state index contributed by atoms with van der Waals surface area (Å²) in [5.41, 5.74) is 3.06. The van der Waals surface area contributed by atoms with Crippen LogP contribution < -0.4 is 5.01 Å². The van der Waals surface area contributed by atoms with Crippen molar-refractivity contribution in [2.24, 2.45) is 5.92 Å². The maximum atomic E-state index is 4.53. The van der Waals surface area contributed by atoms with Gasteiger partial charge in [-0.2, -0.15) is 0 Å². The van der Waals surface area contributed by atoms with Crippen molar-refractivity contribution in [3.63, 3.8) is 0 Å². The average molecular weight is 269 g/mol. The second-order valence-electron chi connectivity index (χ2n) is 5.85. The molecule has 4 rings (SSSR count). The standard InChI is InChI=1S/C15H19N5/c1-3-11-6-10(2)8-19(11)20-9-18-13-7-17-15-12(14(13)20)4-5-16-15/h4-5,7,9-11H,3,6,8H2,1-2H3,(H,16,17)/t10-,11+/m0/s1. The number of H-pyrrole nitrogens is 1. The molecule has 1 aliphatic rings. The largest absolute Gasteiger partial charge is 0.346 e. The quantitative estimate of drug-likeness (QED) is 0.778. The highest BCUT2D eigenvalue weighted by Gasteiger charge is 2.29. The molecule has 1 aliphatic heterocycles. The van der Waals surface area contributed by atoms with Crippen molar-refractivity contribution in [1.29, 1.82) is 0 Å². The smallest absolute Gasteiger partial charge is 0.139 e. The molecule has 0 unspecified atom stereocenters. The van der Waals surface area contributed by atoms with Crippen molar-refractivity contribution >= 4 is 22.1 Å². The summed E-state index contributed by atoms with van der Waals surface area (Å²) in [4.78, 5) is 12.1. The van der Waals surface area contributed by atoms with Gasteiger partial charge in [0, 0.05) is 24.2 Å². The van der Waals surface area contributed by atoms with Crippen molar-refractivity contribution in [3.8, 4) is 0 Å². The molecule has 1 N–H and O–H groups in total. The highest BCUT2D eigenvalue weighted by molar-refractivity contribution is 6.01. The van der Waals surface area contributed by atoms with Crippen molar-refractivity contribution in [2.75, 3.05) is 11.6 Å². The van der Waals surface area contributed by atoms with Crippen LogP contribution in [0.3, 0.4) is 0 Å². The van der Waals surface area contributed by atoms with Gasteiger partial charge in [0.25, 0.3) is 0 Å². The van der Waals surface area contributed by atoms with Crippen molar-refractivity contribution < 1.29 is 0 Å². The van der Waals surface area contributed by atoms with Gasteiger partial charge in [0.2, 0.25) is 0 Å². The number of hydrogen-bond acceptors (Lipinski definition) is 3. The van der Waals surface area contributed by atoms with Crippen LogP contribution in [0.4, 0.5) is 0 Å². The first-order chi connectivity index (χ1) is 9.78. The molecular formula is C15H19N5. The molecular weight excluding hydrogens is 250 g/mol. The number of aromatic nitrogens is 4. The van der Waals surface area contributed by atoms with Crippen LogP contribution in [0.2, 0.25) is 0 Å². The Hall–Kier alpha value is -2.04. The molecule has 104 valence electrons. The van der Waals surface area contributed by atoms with Gasteiger partial charge in [-0.3, -0.25) is 0 Å². The number of imidazole rings is 1. The van der Waals surface area contributed by atoms with Gasteiger partial charge >= 0.3 is 0 Å². The molecule has 0 aromatic carbocycles. The normalized spacial score (nSPS) is 23.2. The molecule has 5 nitrogen and oxygen atoms in total. The summed E-state index contributed by atoms with van der Waals surface area (Å²) in [6.45, 7) is 5.69. The maximum Gasteiger partial charge on any atom is 0.139 e. The second-order valence-corrected chi connectivity index (χ2v) is 5.85. The van der Waals surface area contributed by atoms with Crippen molar-refractivity contribution in [2.45, 2.75) is 32.7 Å². The van der Waals surface area contributed by atoms with Gasteiger partial charge in [-0.15, -0.1) is 0 Å². The third kappa shape index (κ3) is 1.55. The van der Waals surface area contributed by atoms with E-state index in [2.05, 4.69) is 44.6 Å². The topological polar surface area (TPSA) is 49.7 Å². The van der Waals surface area contributed by atoms with Gasteiger partial charge in [-0.1, -0.05) is 13.8 Å². The number of fused-ring (bicyclic) bond motifs is 3. The van der Waals surface area contributed by atoms with Crippen LogP contribution in [0.15, 0.2) is 24.8 Å². The molecule has 5 heteroatoms. The minimum atomic E-state index is 0.601. The van der Waals surface area contributed by atoms with E-state index in [-0.39, 0.29) is 0 Å². The predicted molar refractivity (Wildman–Crippen MR) is 80.3 cm³/mol. The number of pyridine rings is 1. The molecule has 0 aliphatic carbocycles. The number of nitrogens with zero attached hydrogens (tertiary/aromatic N) is 4. The third-order valence-corrected chi connectivity index (χ3v) is 4.42. The lowest BCUT2D eigenvalue weighted by atomic mass is 10.1. The lowest BCUT2D eigenvalue weighted by Crippen LogP contribution is -2.38. The Balaban J connectivity index is 1.93. The van der Waals surface area contributed by atoms with Crippen LogP contribution in [-0.4, -0.2) is 32.2 Å². The summed E-state index contributed by atoms with van der Waals surface area (Å²) in [6.07, 6.45) is 8.17. The summed E-state index contributed by atoms with van der Waals surface area (Å²) in [5, 5.41) is 3.61. The van der Waals surface area contributed by atoms with Gasteiger partial charge in [-0.25, -0.2) is 14.6 Å². The molecule has 20 heavy (non-hydrogen) atoms. The van der Waals surface area contributed by atoms with Gasteiger partial charge in [0.15, 0.2) is 0 Å². The van der Waals surface area contributed by atoms with Crippen LogP contribution in [0.5, 0.6) is 0 Å². The molecule has 3 aromatic heterocycles. The zero-order chi connectivity index (χ0) is 13.7. The number of aromatic amines is 1. The lowest BCUT2D eigenvalue weighted by Gasteiger charge is -2.27. The molecule has 1 fully saturated rings. The van der Waals surface area contributed by atoms with Crippen LogP contribution >= 0.6 is 0 Å². The Labute approximate surface area is 117 Å². The number of rotatable bonds is 2. The molecule has 0 amide bonds. The number of hydrogen-bond donors (Lipinski definition) is 1. The molecule has 2 atom stereocenters. The van der Waals surface area contributed by atoms with Crippen molar-refractivity contribution in [1.82, 2.24) is 19.6 Å². The lowest BCUT2D eigenvalue weighted by molar-refractivity contribution is 0.534.